The number of carbonyl (C=O) groups is 1. The highest BCUT2D eigenvalue weighted by atomic mass is 79.9. The van der Waals surface area contributed by atoms with E-state index < -0.39 is 0 Å². The number of amides is 1. The third-order valence-corrected chi connectivity index (χ3v) is 5.66. The average Bonchev–Trinajstić information content (AvgIpc) is 2.84. The summed E-state index contributed by atoms with van der Waals surface area (Å²) in [6.07, 6.45) is 0.850. The number of methoxy groups -OCH3 is 1. The van der Waals surface area contributed by atoms with E-state index in [0.717, 1.165) is 6.42 Å². The van der Waals surface area contributed by atoms with E-state index in [4.69, 9.17) is 4.74 Å². The maximum absolute atomic E-state index is 12.2. The van der Waals surface area contributed by atoms with Gasteiger partial charge in [0.1, 0.15) is 10.6 Å². The lowest BCUT2D eigenvalue weighted by Crippen LogP contribution is -2.51. The summed E-state index contributed by atoms with van der Waals surface area (Å²) in [5, 5.41) is 6.32. The summed E-state index contributed by atoms with van der Waals surface area (Å²) in [6, 6.07) is 1.80. The van der Waals surface area contributed by atoms with E-state index in [2.05, 4.69) is 44.1 Å². The van der Waals surface area contributed by atoms with Crippen molar-refractivity contribution in [1.82, 2.24) is 5.32 Å². The molecule has 0 aliphatic rings. The van der Waals surface area contributed by atoms with Gasteiger partial charge in [-0.25, -0.2) is 0 Å². The van der Waals surface area contributed by atoms with Gasteiger partial charge in [-0.3, -0.25) is 4.79 Å². The van der Waals surface area contributed by atoms with Crippen molar-refractivity contribution >= 4 is 49.1 Å². The van der Waals surface area contributed by atoms with E-state index in [0.29, 0.717) is 21.3 Å². The van der Waals surface area contributed by atoms with Gasteiger partial charge >= 0.3 is 0 Å². The minimum atomic E-state index is -0.258. The molecular formula is C11H15Br2NO2S. The van der Waals surface area contributed by atoms with Crippen LogP contribution < -0.4 is 10.1 Å². The molecule has 1 aromatic rings. The second-order valence-electron chi connectivity index (χ2n) is 3.67. The van der Waals surface area contributed by atoms with E-state index in [1.54, 1.807) is 13.2 Å². The van der Waals surface area contributed by atoms with Gasteiger partial charge in [0.05, 0.1) is 12.6 Å². The zero-order chi connectivity index (χ0) is 12.9. The minimum Gasteiger partial charge on any atom is -0.495 e. The smallest absolute Gasteiger partial charge is 0.265 e. The lowest BCUT2D eigenvalue weighted by atomic mass is 10.0. The lowest BCUT2D eigenvalue weighted by Gasteiger charge is -2.29. The monoisotopic (exact) mass is 383 g/mol. The van der Waals surface area contributed by atoms with Gasteiger partial charge in [0.2, 0.25) is 0 Å². The number of rotatable bonds is 6. The first-order valence-corrected chi connectivity index (χ1v) is 8.30. The SMILES string of the molecule is CCC(CBr)(CBr)NC(=O)c1sccc1OC. The molecule has 1 rings (SSSR count). The van der Waals surface area contributed by atoms with Crippen LogP contribution in [0.1, 0.15) is 23.0 Å². The van der Waals surface area contributed by atoms with Gasteiger partial charge in [0, 0.05) is 10.7 Å². The van der Waals surface area contributed by atoms with Crippen LogP contribution in [-0.4, -0.2) is 29.2 Å². The molecule has 1 N–H and O–H groups in total. The number of carbonyl (C=O) groups excluding carboxylic acids is 1. The molecule has 0 aliphatic heterocycles. The molecule has 0 unspecified atom stereocenters. The van der Waals surface area contributed by atoms with Gasteiger partial charge in [0.15, 0.2) is 0 Å². The van der Waals surface area contributed by atoms with E-state index in [-0.39, 0.29) is 11.4 Å². The van der Waals surface area contributed by atoms with Crippen molar-refractivity contribution in [2.24, 2.45) is 0 Å². The summed E-state index contributed by atoms with van der Waals surface area (Å²) in [6.45, 7) is 2.05. The molecule has 0 radical (unpaired) electrons. The zero-order valence-electron chi connectivity index (χ0n) is 9.76. The highest BCUT2D eigenvalue weighted by molar-refractivity contribution is 9.09. The van der Waals surface area contributed by atoms with Crippen LogP contribution in [0.3, 0.4) is 0 Å². The van der Waals surface area contributed by atoms with Crippen LogP contribution in [0.4, 0.5) is 0 Å². The van der Waals surface area contributed by atoms with Crippen LogP contribution >= 0.6 is 43.2 Å². The normalized spacial score (nSPS) is 11.3. The number of alkyl halides is 2. The van der Waals surface area contributed by atoms with Crippen molar-refractivity contribution in [3.05, 3.63) is 16.3 Å². The molecule has 1 aromatic heterocycles. The van der Waals surface area contributed by atoms with Crippen LogP contribution in [0.15, 0.2) is 11.4 Å². The second-order valence-corrected chi connectivity index (χ2v) is 5.71. The number of ether oxygens (including phenoxy) is 1. The second kappa shape index (κ2) is 6.75. The van der Waals surface area contributed by atoms with Gasteiger partial charge < -0.3 is 10.1 Å². The van der Waals surface area contributed by atoms with Crippen LogP contribution in [0.5, 0.6) is 5.75 Å². The average molecular weight is 385 g/mol. The quantitative estimate of drug-likeness (QED) is 0.763. The van der Waals surface area contributed by atoms with Crippen molar-refractivity contribution in [3.63, 3.8) is 0 Å². The Morgan fingerprint density at radius 3 is 2.65 bits per heavy atom. The molecule has 1 heterocycles. The number of nitrogens with one attached hydrogen (secondary N) is 1. The molecule has 17 heavy (non-hydrogen) atoms. The fourth-order valence-electron chi connectivity index (χ4n) is 1.30. The fourth-order valence-corrected chi connectivity index (χ4v) is 4.06. The number of thiophene rings is 1. The topological polar surface area (TPSA) is 38.3 Å². The highest BCUT2D eigenvalue weighted by Gasteiger charge is 2.29. The molecule has 1 amide bonds. The molecule has 0 aliphatic carbocycles. The standard InChI is InChI=1S/C11H15Br2NO2S/c1-3-11(6-12,7-13)14-10(15)9-8(16-2)4-5-17-9/h4-5H,3,6-7H2,1-2H3,(H,14,15). The van der Waals surface area contributed by atoms with E-state index in [1.807, 2.05) is 5.38 Å². The lowest BCUT2D eigenvalue weighted by molar-refractivity contribution is 0.0917. The van der Waals surface area contributed by atoms with Crippen molar-refractivity contribution in [1.29, 1.82) is 0 Å². The molecule has 6 heteroatoms. The molecule has 0 atom stereocenters. The molecule has 0 fully saturated rings. The Morgan fingerprint density at radius 2 is 2.18 bits per heavy atom. The van der Waals surface area contributed by atoms with Gasteiger partial charge in [-0.2, -0.15) is 0 Å². The number of hydrogen-bond acceptors (Lipinski definition) is 3. The summed E-state index contributed by atoms with van der Waals surface area (Å²) in [7, 11) is 1.57. The molecule has 0 spiro atoms. The predicted molar refractivity (Wildman–Crippen MR) is 78.9 cm³/mol. The van der Waals surface area contributed by atoms with Crippen LogP contribution in [0.2, 0.25) is 0 Å². The Bertz CT molecular complexity index is 369. The zero-order valence-corrected chi connectivity index (χ0v) is 13.7. The molecular weight excluding hydrogens is 370 g/mol. The first-order valence-electron chi connectivity index (χ1n) is 5.18. The van der Waals surface area contributed by atoms with Crippen LogP contribution in [0, 0.1) is 0 Å². The Hall–Kier alpha value is -0.0700. The minimum absolute atomic E-state index is 0.0856. The third-order valence-electron chi connectivity index (χ3n) is 2.62. The molecule has 0 saturated heterocycles. The summed E-state index contributed by atoms with van der Waals surface area (Å²) < 4.78 is 5.15. The molecule has 3 nitrogen and oxygen atoms in total. The maximum atomic E-state index is 12.2. The fraction of sp³-hybridized carbons (Fsp3) is 0.545. The number of hydrogen-bond donors (Lipinski definition) is 1. The highest BCUT2D eigenvalue weighted by Crippen LogP contribution is 2.26. The Labute approximate surface area is 122 Å². The van der Waals surface area contributed by atoms with Gasteiger partial charge in [0.25, 0.3) is 5.91 Å². The molecule has 0 bridgehead atoms. The Morgan fingerprint density at radius 1 is 1.53 bits per heavy atom. The van der Waals surface area contributed by atoms with Gasteiger partial charge in [-0.05, 0) is 17.9 Å². The summed E-state index contributed by atoms with van der Waals surface area (Å²) in [5.41, 5.74) is -0.258. The molecule has 96 valence electrons. The molecule has 0 aromatic carbocycles. The van der Waals surface area contributed by atoms with Gasteiger partial charge in [-0.15, -0.1) is 11.3 Å². The first kappa shape index (κ1) is 15.0. The summed E-state index contributed by atoms with van der Waals surface area (Å²) in [5.74, 6) is 0.541. The molecule has 0 saturated carbocycles. The largest absolute Gasteiger partial charge is 0.495 e. The van der Waals surface area contributed by atoms with Crippen molar-refractivity contribution < 1.29 is 9.53 Å². The predicted octanol–water partition coefficient (Wildman–Crippen LogP) is 3.43. The van der Waals surface area contributed by atoms with Crippen LogP contribution in [-0.2, 0) is 0 Å². The third kappa shape index (κ3) is 3.45. The summed E-state index contributed by atoms with van der Waals surface area (Å²) >= 11 is 8.28. The van der Waals surface area contributed by atoms with Crippen molar-refractivity contribution in [3.8, 4) is 5.75 Å². The van der Waals surface area contributed by atoms with Crippen LogP contribution in [0.25, 0.3) is 0 Å². The first-order chi connectivity index (χ1) is 8.12. The summed E-state index contributed by atoms with van der Waals surface area (Å²) in [4.78, 5) is 12.8. The van der Waals surface area contributed by atoms with E-state index >= 15 is 0 Å². The van der Waals surface area contributed by atoms with Gasteiger partial charge in [-0.1, -0.05) is 38.8 Å². The Balaban J connectivity index is 2.84. The van der Waals surface area contributed by atoms with E-state index in [1.165, 1.54) is 11.3 Å². The number of halogens is 2. The maximum Gasteiger partial charge on any atom is 0.265 e. The van der Waals surface area contributed by atoms with Crippen molar-refractivity contribution in [2.75, 3.05) is 17.8 Å². The van der Waals surface area contributed by atoms with E-state index in [9.17, 15) is 4.79 Å². The Kier molecular flexibility index (Phi) is 5.95. The van der Waals surface area contributed by atoms with Crippen molar-refractivity contribution in [2.45, 2.75) is 18.9 Å².